The van der Waals surface area contributed by atoms with Gasteiger partial charge in [-0.1, -0.05) is 29.3 Å². The molecular formula is C18H25Cl2N3O. The Balaban J connectivity index is 1.69. The number of rotatable bonds is 4. The fourth-order valence-corrected chi connectivity index (χ4v) is 4.10. The SMILES string of the molecule is C[C@@H]([C@H]1CNCCN1C(=O)Cc1ccc(Cl)c(Cl)c1)N1CCCC1. The third-order valence-corrected chi connectivity index (χ3v) is 5.96. The van der Waals surface area contributed by atoms with Gasteiger partial charge in [0.2, 0.25) is 5.91 Å². The van der Waals surface area contributed by atoms with Crippen LogP contribution in [0.2, 0.25) is 10.0 Å². The Bertz CT molecular complexity index is 590. The molecule has 132 valence electrons. The lowest BCUT2D eigenvalue weighted by Crippen LogP contribution is -2.61. The van der Waals surface area contributed by atoms with E-state index in [1.807, 2.05) is 6.07 Å². The molecular weight excluding hydrogens is 345 g/mol. The van der Waals surface area contributed by atoms with Gasteiger partial charge in [0, 0.05) is 25.7 Å². The van der Waals surface area contributed by atoms with Gasteiger partial charge in [-0.25, -0.2) is 0 Å². The maximum atomic E-state index is 12.9. The first-order valence-corrected chi connectivity index (χ1v) is 9.50. The molecule has 6 heteroatoms. The van der Waals surface area contributed by atoms with Crippen molar-refractivity contribution in [2.45, 2.75) is 38.3 Å². The Kier molecular flexibility index (Phi) is 6.03. The van der Waals surface area contributed by atoms with Crippen LogP contribution < -0.4 is 5.32 Å². The number of nitrogens with zero attached hydrogens (tertiary/aromatic N) is 2. The highest BCUT2D eigenvalue weighted by molar-refractivity contribution is 6.42. The second-order valence-electron chi connectivity index (χ2n) is 6.77. The van der Waals surface area contributed by atoms with Crippen LogP contribution in [0.4, 0.5) is 0 Å². The second kappa shape index (κ2) is 8.05. The summed E-state index contributed by atoms with van der Waals surface area (Å²) in [7, 11) is 0. The van der Waals surface area contributed by atoms with Gasteiger partial charge < -0.3 is 10.2 Å². The Morgan fingerprint density at radius 2 is 2.00 bits per heavy atom. The van der Waals surface area contributed by atoms with Crippen LogP contribution >= 0.6 is 23.2 Å². The zero-order chi connectivity index (χ0) is 17.1. The molecule has 2 aliphatic heterocycles. The summed E-state index contributed by atoms with van der Waals surface area (Å²) in [4.78, 5) is 17.5. The van der Waals surface area contributed by atoms with Crippen LogP contribution in [0.15, 0.2) is 18.2 Å². The minimum absolute atomic E-state index is 0.172. The molecule has 1 amide bonds. The number of halogens is 2. The van der Waals surface area contributed by atoms with Crippen LogP contribution in [0.25, 0.3) is 0 Å². The molecule has 1 aromatic carbocycles. The van der Waals surface area contributed by atoms with E-state index in [-0.39, 0.29) is 11.9 Å². The van der Waals surface area contributed by atoms with Crippen LogP contribution in [0.3, 0.4) is 0 Å². The molecule has 4 nitrogen and oxygen atoms in total. The molecule has 0 radical (unpaired) electrons. The van der Waals surface area contributed by atoms with Crippen molar-refractivity contribution in [2.24, 2.45) is 0 Å². The first-order valence-electron chi connectivity index (χ1n) is 8.74. The maximum absolute atomic E-state index is 12.9. The van der Waals surface area contributed by atoms with Gasteiger partial charge in [0.25, 0.3) is 0 Å². The first kappa shape index (κ1) is 18.0. The summed E-state index contributed by atoms with van der Waals surface area (Å²) in [6, 6.07) is 6.05. The van der Waals surface area contributed by atoms with Crippen LogP contribution in [0.1, 0.15) is 25.3 Å². The number of piperazine rings is 1. The van der Waals surface area contributed by atoms with Crippen molar-refractivity contribution in [2.75, 3.05) is 32.7 Å². The Hall–Kier alpha value is -0.810. The average Bonchev–Trinajstić information content (AvgIpc) is 3.12. The molecule has 0 saturated carbocycles. The van der Waals surface area contributed by atoms with Gasteiger partial charge in [-0.2, -0.15) is 0 Å². The average molecular weight is 370 g/mol. The van der Waals surface area contributed by atoms with E-state index in [1.165, 1.54) is 12.8 Å². The van der Waals surface area contributed by atoms with Crippen molar-refractivity contribution >= 4 is 29.1 Å². The molecule has 0 bridgehead atoms. The van der Waals surface area contributed by atoms with Crippen LogP contribution in [-0.2, 0) is 11.2 Å². The maximum Gasteiger partial charge on any atom is 0.227 e. The largest absolute Gasteiger partial charge is 0.335 e. The zero-order valence-electron chi connectivity index (χ0n) is 14.1. The van der Waals surface area contributed by atoms with Crippen molar-refractivity contribution in [1.82, 2.24) is 15.1 Å². The Labute approximate surface area is 154 Å². The van der Waals surface area contributed by atoms with Gasteiger partial charge in [-0.15, -0.1) is 0 Å². The summed E-state index contributed by atoms with van der Waals surface area (Å²) in [6.45, 7) is 7.03. The Morgan fingerprint density at radius 1 is 1.25 bits per heavy atom. The normalized spacial score (nSPS) is 23.5. The minimum atomic E-state index is 0.172. The standard InChI is InChI=1S/C18H25Cl2N3O/c1-13(22-7-2-3-8-22)17-12-21-6-9-23(17)18(24)11-14-4-5-15(19)16(20)10-14/h4-5,10,13,17,21H,2-3,6-9,11-12H2,1H3/t13-,17+/m0/s1. The van der Waals surface area contributed by atoms with Gasteiger partial charge in [0.1, 0.15) is 0 Å². The number of amides is 1. The zero-order valence-corrected chi connectivity index (χ0v) is 15.6. The van der Waals surface area contributed by atoms with Crippen molar-refractivity contribution in [3.63, 3.8) is 0 Å². The summed E-state index contributed by atoms with van der Waals surface area (Å²) >= 11 is 12.0. The lowest BCUT2D eigenvalue weighted by atomic mass is 10.0. The molecule has 2 fully saturated rings. The molecule has 0 spiro atoms. The summed E-state index contributed by atoms with van der Waals surface area (Å²) < 4.78 is 0. The topological polar surface area (TPSA) is 35.6 Å². The molecule has 2 heterocycles. The molecule has 2 saturated heterocycles. The number of hydrogen-bond donors (Lipinski definition) is 1. The number of hydrogen-bond acceptors (Lipinski definition) is 3. The van der Waals surface area contributed by atoms with E-state index in [4.69, 9.17) is 23.2 Å². The van der Waals surface area contributed by atoms with E-state index in [2.05, 4.69) is 22.0 Å². The van der Waals surface area contributed by atoms with Crippen LogP contribution in [0.5, 0.6) is 0 Å². The number of likely N-dealkylation sites (tertiary alicyclic amines) is 1. The van der Waals surface area contributed by atoms with E-state index >= 15 is 0 Å². The van der Waals surface area contributed by atoms with E-state index in [9.17, 15) is 4.79 Å². The van der Waals surface area contributed by atoms with Crippen molar-refractivity contribution in [3.05, 3.63) is 33.8 Å². The summed E-state index contributed by atoms with van der Waals surface area (Å²) in [5.74, 6) is 0.172. The van der Waals surface area contributed by atoms with Gasteiger partial charge in [0.05, 0.1) is 22.5 Å². The van der Waals surface area contributed by atoms with Crippen LogP contribution in [-0.4, -0.2) is 60.5 Å². The predicted molar refractivity (Wildman–Crippen MR) is 98.8 cm³/mol. The monoisotopic (exact) mass is 369 g/mol. The van der Waals surface area contributed by atoms with E-state index in [0.717, 1.165) is 38.3 Å². The highest BCUT2D eigenvalue weighted by Gasteiger charge is 2.34. The summed E-state index contributed by atoms with van der Waals surface area (Å²) in [6.07, 6.45) is 2.91. The van der Waals surface area contributed by atoms with Gasteiger partial charge in [-0.3, -0.25) is 9.69 Å². The molecule has 0 aromatic heterocycles. The van der Waals surface area contributed by atoms with E-state index < -0.39 is 0 Å². The molecule has 24 heavy (non-hydrogen) atoms. The van der Waals surface area contributed by atoms with Gasteiger partial charge >= 0.3 is 0 Å². The quantitative estimate of drug-likeness (QED) is 0.886. The highest BCUT2D eigenvalue weighted by Crippen LogP contribution is 2.24. The number of carbonyl (C=O) groups is 1. The third-order valence-electron chi connectivity index (χ3n) is 5.22. The van der Waals surface area contributed by atoms with Gasteiger partial charge in [0.15, 0.2) is 0 Å². The summed E-state index contributed by atoms with van der Waals surface area (Å²) in [5, 5.41) is 4.47. The number of nitrogens with one attached hydrogen (secondary N) is 1. The van der Waals surface area contributed by atoms with E-state index in [1.54, 1.807) is 12.1 Å². The Morgan fingerprint density at radius 3 is 2.71 bits per heavy atom. The smallest absolute Gasteiger partial charge is 0.227 e. The number of benzene rings is 1. The van der Waals surface area contributed by atoms with Crippen molar-refractivity contribution in [3.8, 4) is 0 Å². The second-order valence-corrected chi connectivity index (χ2v) is 7.58. The summed E-state index contributed by atoms with van der Waals surface area (Å²) in [5.41, 5.74) is 0.917. The third kappa shape index (κ3) is 4.05. The van der Waals surface area contributed by atoms with E-state index in [0.29, 0.717) is 22.5 Å². The van der Waals surface area contributed by atoms with Crippen molar-refractivity contribution < 1.29 is 4.79 Å². The molecule has 0 aliphatic carbocycles. The lowest BCUT2D eigenvalue weighted by molar-refractivity contribution is -0.135. The molecule has 2 atom stereocenters. The molecule has 2 aliphatic rings. The fraction of sp³-hybridized carbons (Fsp3) is 0.611. The molecule has 3 rings (SSSR count). The highest BCUT2D eigenvalue weighted by atomic mass is 35.5. The predicted octanol–water partition coefficient (Wildman–Crippen LogP) is 2.82. The fourth-order valence-electron chi connectivity index (χ4n) is 3.78. The van der Waals surface area contributed by atoms with Gasteiger partial charge in [-0.05, 0) is 50.6 Å². The lowest BCUT2D eigenvalue weighted by Gasteiger charge is -2.42. The molecule has 0 unspecified atom stereocenters. The first-order chi connectivity index (χ1) is 11.6. The van der Waals surface area contributed by atoms with Crippen LogP contribution in [0, 0.1) is 0 Å². The molecule has 1 aromatic rings. The molecule has 1 N–H and O–H groups in total. The number of carbonyl (C=O) groups excluding carboxylic acids is 1. The minimum Gasteiger partial charge on any atom is -0.335 e. The van der Waals surface area contributed by atoms with Crippen molar-refractivity contribution in [1.29, 1.82) is 0 Å².